The average molecular weight is 352 g/mol. The fourth-order valence-electron chi connectivity index (χ4n) is 3.42. The largest absolute Gasteiger partial charge is 0.388 e. The maximum absolute atomic E-state index is 12.7. The minimum absolute atomic E-state index is 0.00738. The summed E-state index contributed by atoms with van der Waals surface area (Å²) in [6.07, 6.45) is 1.09. The van der Waals surface area contributed by atoms with Gasteiger partial charge < -0.3 is 15.3 Å². The molecule has 0 spiro atoms. The molecular weight excluding hydrogens is 328 g/mol. The summed E-state index contributed by atoms with van der Waals surface area (Å²) in [5, 5.41) is 13.2. The summed E-state index contributed by atoms with van der Waals surface area (Å²) >= 11 is 0. The molecule has 1 fully saturated rings. The molecule has 26 heavy (non-hydrogen) atoms. The van der Waals surface area contributed by atoms with Crippen LogP contribution in [0, 0.1) is 5.92 Å². The van der Waals surface area contributed by atoms with Gasteiger partial charge >= 0.3 is 0 Å². The first-order chi connectivity index (χ1) is 12.5. The molecule has 2 aromatic carbocycles. The van der Waals surface area contributed by atoms with Gasteiger partial charge in [0, 0.05) is 31.3 Å². The summed E-state index contributed by atoms with van der Waals surface area (Å²) in [6, 6.07) is 16.6. The van der Waals surface area contributed by atoms with Gasteiger partial charge in [-0.25, -0.2) is 0 Å². The van der Waals surface area contributed by atoms with Crippen molar-refractivity contribution < 1.29 is 14.7 Å². The van der Waals surface area contributed by atoms with Crippen molar-refractivity contribution in [3.63, 3.8) is 0 Å². The molecule has 136 valence electrons. The van der Waals surface area contributed by atoms with Crippen LogP contribution < -0.4 is 5.32 Å². The lowest BCUT2D eigenvalue weighted by Gasteiger charge is -2.34. The Morgan fingerprint density at radius 2 is 1.65 bits per heavy atom. The van der Waals surface area contributed by atoms with Gasteiger partial charge in [-0.2, -0.15) is 0 Å². The zero-order chi connectivity index (χ0) is 18.5. The van der Waals surface area contributed by atoms with Crippen LogP contribution >= 0.6 is 0 Å². The van der Waals surface area contributed by atoms with E-state index in [1.807, 2.05) is 35.2 Å². The third kappa shape index (κ3) is 4.29. The van der Waals surface area contributed by atoms with Gasteiger partial charge in [0.25, 0.3) is 5.91 Å². The van der Waals surface area contributed by atoms with E-state index in [0.717, 1.165) is 18.4 Å². The highest BCUT2D eigenvalue weighted by atomic mass is 16.3. The number of rotatable bonds is 4. The fourth-order valence-corrected chi connectivity index (χ4v) is 3.42. The second-order valence-corrected chi connectivity index (χ2v) is 6.74. The number of aliphatic hydroxyl groups is 1. The number of piperidine rings is 1. The minimum Gasteiger partial charge on any atom is -0.388 e. The predicted octanol–water partition coefficient (Wildman–Crippen LogP) is 3.23. The third-order valence-corrected chi connectivity index (χ3v) is 4.87. The molecule has 2 amide bonds. The molecule has 0 bridgehead atoms. The molecule has 0 saturated carbocycles. The van der Waals surface area contributed by atoms with Gasteiger partial charge in [-0.3, -0.25) is 9.59 Å². The molecule has 5 heteroatoms. The van der Waals surface area contributed by atoms with E-state index in [2.05, 4.69) is 5.32 Å². The Kier molecular flexibility index (Phi) is 5.68. The quantitative estimate of drug-likeness (QED) is 0.887. The zero-order valence-corrected chi connectivity index (χ0v) is 14.9. The smallest absolute Gasteiger partial charge is 0.253 e. The highest BCUT2D eigenvalue weighted by Gasteiger charge is 2.28. The molecule has 1 atom stereocenters. The summed E-state index contributed by atoms with van der Waals surface area (Å²) in [5.41, 5.74) is 2.23. The molecule has 1 heterocycles. The number of anilines is 1. The molecule has 1 aliphatic heterocycles. The van der Waals surface area contributed by atoms with Crippen molar-refractivity contribution in [3.05, 3.63) is 65.7 Å². The van der Waals surface area contributed by atoms with Crippen LogP contribution in [0.5, 0.6) is 0 Å². The van der Waals surface area contributed by atoms with Crippen molar-refractivity contribution in [1.29, 1.82) is 0 Å². The second kappa shape index (κ2) is 8.15. The van der Waals surface area contributed by atoms with Gasteiger partial charge in [-0.1, -0.05) is 30.3 Å². The van der Waals surface area contributed by atoms with Crippen LogP contribution in [0.4, 0.5) is 5.69 Å². The Bertz CT molecular complexity index is 751. The maximum atomic E-state index is 12.7. The van der Waals surface area contributed by atoms with Crippen LogP contribution in [0.1, 0.15) is 41.8 Å². The van der Waals surface area contributed by atoms with E-state index in [9.17, 15) is 14.7 Å². The number of nitrogens with zero attached hydrogens (tertiary/aromatic N) is 1. The Labute approximate surface area is 153 Å². The first-order valence-electron chi connectivity index (χ1n) is 8.94. The lowest BCUT2D eigenvalue weighted by molar-refractivity contribution is -0.114. The number of amides is 2. The number of carbonyl (C=O) groups excluding carboxylic acids is 2. The van der Waals surface area contributed by atoms with Gasteiger partial charge in [0.05, 0.1) is 6.10 Å². The highest BCUT2D eigenvalue weighted by molar-refractivity contribution is 5.95. The van der Waals surface area contributed by atoms with E-state index < -0.39 is 6.10 Å². The van der Waals surface area contributed by atoms with Gasteiger partial charge in [0.1, 0.15) is 0 Å². The third-order valence-electron chi connectivity index (χ3n) is 4.87. The molecule has 0 aliphatic carbocycles. The molecule has 0 aromatic heterocycles. The summed E-state index contributed by atoms with van der Waals surface area (Å²) in [7, 11) is 0. The number of carbonyl (C=O) groups is 2. The second-order valence-electron chi connectivity index (χ2n) is 6.74. The summed E-state index contributed by atoms with van der Waals surface area (Å²) in [4.78, 5) is 25.6. The highest BCUT2D eigenvalue weighted by Crippen LogP contribution is 2.31. The maximum Gasteiger partial charge on any atom is 0.253 e. The number of benzene rings is 2. The van der Waals surface area contributed by atoms with Gasteiger partial charge in [-0.15, -0.1) is 0 Å². The van der Waals surface area contributed by atoms with Crippen LogP contribution in [-0.4, -0.2) is 34.9 Å². The number of nitrogens with one attached hydrogen (secondary N) is 1. The summed E-state index contributed by atoms with van der Waals surface area (Å²) in [6.45, 7) is 2.73. The number of hydrogen-bond acceptors (Lipinski definition) is 3. The number of hydrogen-bond donors (Lipinski definition) is 2. The SMILES string of the molecule is CC(=O)Nc1ccc(C(=O)N2CCC(C(O)c3ccccc3)CC2)cc1. The van der Waals surface area contributed by atoms with E-state index >= 15 is 0 Å². The van der Waals surface area contributed by atoms with E-state index in [1.165, 1.54) is 6.92 Å². The first kappa shape index (κ1) is 18.1. The molecule has 1 saturated heterocycles. The van der Waals surface area contributed by atoms with Gasteiger partial charge in [0.2, 0.25) is 5.91 Å². The van der Waals surface area contributed by atoms with Crippen molar-refractivity contribution in [3.8, 4) is 0 Å². The normalized spacial score (nSPS) is 16.2. The number of aliphatic hydroxyl groups excluding tert-OH is 1. The van der Waals surface area contributed by atoms with Crippen LogP contribution in [0.25, 0.3) is 0 Å². The van der Waals surface area contributed by atoms with Crippen molar-refractivity contribution in [1.82, 2.24) is 4.90 Å². The Balaban J connectivity index is 1.57. The summed E-state index contributed by atoms with van der Waals surface area (Å²) in [5.74, 6) is 0.0266. The summed E-state index contributed by atoms with van der Waals surface area (Å²) < 4.78 is 0. The van der Waals surface area contributed by atoms with E-state index in [0.29, 0.717) is 24.3 Å². The molecule has 1 aliphatic rings. The Hall–Kier alpha value is -2.66. The minimum atomic E-state index is -0.481. The zero-order valence-electron chi connectivity index (χ0n) is 14.9. The predicted molar refractivity (Wildman–Crippen MR) is 101 cm³/mol. The molecule has 1 unspecified atom stereocenters. The molecule has 0 radical (unpaired) electrons. The molecular formula is C21H24N2O3. The lowest BCUT2D eigenvalue weighted by Crippen LogP contribution is -2.39. The van der Waals surface area contributed by atoms with E-state index in [-0.39, 0.29) is 17.7 Å². The van der Waals surface area contributed by atoms with Crippen molar-refractivity contribution >= 4 is 17.5 Å². The van der Waals surface area contributed by atoms with Crippen molar-refractivity contribution in [2.75, 3.05) is 18.4 Å². The Morgan fingerprint density at radius 3 is 2.23 bits per heavy atom. The molecule has 2 aromatic rings. The molecule has 5 nitrogen and oxygen atoms in total. The Morgan fingerprint density at radius 1 is 1.04 bits per heavy atom. The van der Waals surface area contributed by atoms with Crippen molar-refractivity contribution in [2.24, 2.45) is 5.92 Å². The monoisotopic (exact) mass is 352 g/mol. The van der Waals surface area contributed by atoms with Crippen molar-refractivity contribution in [2.45, 2.75) is 25.9 Å². The van der Waals surface area contributed by atoms with Gasteiger partial charge in [0.15, 0.2) is 0 Å². The molecule has 3 rings (SSSR count). The fraction of sp³-hybridized carbons (Fsp3) is 0.333. The number of likely N-dealkylation sites (tertiary alicyclic amines) is 1. The van der Waals surface area contributed by atoms with Crippen LogP contribution in [0.3, 0.4) is 0 Å². The molecule has 2 N–H and O–H groups in total. The van der Waals surface area contributed by atoms with Gasteiger partial charge in [-0.05, 0) is 48.6 Å². The first-order valence-corrected chi connectivity index (χ1v) is 8.94. The average Bonchev–Trinajstić information content (AvgIpc) is 2.68. The topological polar surface area (TPSA) is 69.6 Å². The van der Waals surface area contributed by atoms with E-state index in [1.54, 1.807) is 24.3 Å². The van der Waals surface area contributed by atoms with E-state index in [4.69, 9.17) is 0 Å². The van der Waals surface area contributed by atoms with Crippen LogP contribution in [0.15, 0.2) is 54.6 Å². The van der Waals surface area contributed by atoms with Crippen LogP contribution in [0.2, 0.25) is 0 Å². The standard InChI is InChI=1S/C21H24N2O3/c1-15(24)22-19-9-7-18(8-10-19)21(26)23-13-11-17(12-14-23)20(25)16-5-3-2-4-6-16/h2-10,17,20,25H,11-14H2,1H3,(H,22,24). The van der Waals surface area contributed by atoms with Crippen LogP contribution in [-0.2, 0) is 4.79 Å². The lowest BCUT2D eigenvalue weighted by atomic mass is 9.87.